The molecule has 0 aromatic heterocycles. The van der Waals surface area contributed by atoms with Crippen LogP contribution in [0, 0.1) is 5.82 Å². The van der Waals surface area contributed by atoms with Gasteiger partial charge in [0, 0.05) is 14.2 Å². The topological polar surface area (TPSA) is 42.0 Å². The summed E-state index contributed by atoms with van der Waals surface area (Å²) in [6.45, 7) is 1.25. The standard InChI is InChI=1S/C12H15F5N2O3Si/c1-4-23(21-2,22-3)12(14,15)19(17)11(20)18(16)10-8-6-5-7-9(10)13/h5-8H,4H2,1-3H3. The molecule has 0 atom stereocenters. The minimum absolute atomic E-state index is 0.424. The van der Waals surface area contributed by atoms with Crippen LogP contribution >= 0.6 is 0 Å². The van der Waals surface area contributed by atoms with E-state index in [4.69, 9.17) is 0 Å². The Kier molecular flexibility index (Phi) is 6.08. The molecule has 0 saturated carbocycles. The Labute approximate surface area is 130 Å². The maximum absolute atomic E-state index is 14.2. The van der Waals surface area contributed by atoms with E-state index >= 15 is 0 Å². The number of amides is 2. The first-order chi connectivity index (χ1) is 10.7. The van der Waals surface area contributed by atoms with Gasteiger partial charge in [0.05, 0.1) is 0 Å². The molecule has 5 nitrogen and oxygen atoms in total. The number of carbonyl (C=O) groups is 1. The molecule has 11 heteroatoms. The minimum Gasteiger partial charge on any atom is -0.393 e. The van der Waals surface area contributed by atoms with Crippen LogP contribution in [-0.4, -0.2) is 39.6 Å². The van der Waals surface area contributed by atoms with Crippen LogP contribution in [0.3, 0.4) is 0 Å². The normalized spacial score (nSPS) is 12.2. The van der Waals surface area contributed by atoms with Crippen molar-refractivity contribution in [3.05, 3.63) is 30.1 Å². The van der Waals surface area contributed by atoms with Crippen molar-refractivity contribution in [1.29, 1.82) is 0 Å². The summed E-state index contributed by atoms with van der Waals surface area (Å²) in [7, 11) is -2.78. The lowest BCUT2D eigenvalue weighted by Crippen LogP contribution is -2.65. The van der Waals surface area contributed by atoms with Crippen LogP contribution in [0.25, 0.3) is 0 Å². The lowest BCUT2D eigenvalue weighted by atomic mass is 10.3. The summed E-state index contributed by atoms with van der Waals surface area (Å²) >= 11 is 0. The van der Waals surface area contributed by atoms with Crippen LogP contribution in [0.5, 0.6) is 0 Å². The maximum Gasteiger partial charge on any atom is 0.444 e. The van der Waals surface area contributed by atoms with Gasteiger partial charge in [0.15, 0.2) is 0 Å². The van der Waals surface area contributed by atoms with Crippen LogP contribution in [0.15, 0.2) is 24.3 Å². The van der Waals surface area contributed by atoms with Crippen LogP contribution < -0.4 is 5.12 Å². The largest absolute Gasteiger partial charge is 0.444 e. The molecule has 1 rings (SSSR count). The average molecular weight is 358 g/mol. The molecule has 0 saturated heterocycles. The third-order valence-corrected chi connectivity index (χ3v) is 6.59. The van der Waals surface area contributed by atoms with Gasteiger partial charge in [-0.25, -0.2) is 9.18 Å². The molecular formula is C12H15F5N2O3Si. The zero-order valence-electron chi connectivity index (χ0n) is 12.5. The monoisotopic (exact) mass is 358 g/mol. The van der Waals surface area contributed by atoms with Crippen molar-refractivity contribution < 1.29 is 35.8 Å². The number of para-hydroxylation sites is 1. The first-order valence-corrected chi connectivity index (χ1v) is 8.39. The Balaban J connectivity index is 3.14. The maximum atomic E-state index is 14.2. The van der Waals surface area contributed by atoms with Gasteiger partial charge in [-0.15, -0.1) is 5.12 Å². The number of hydrogen-bond donors (Lipinski definition) is 0. The van der Waals surface area contributed by atoms with Crippen molar-refractivity contribution in [2.45, 2.75) is 18.6 Å². The van der Waals surface area contributed by atoms with E-state index in [0.29, 0.717) is 0 Å². The van der Waals surface area contributed by atoms with Crippen molar-refractivity contribution >= 4 is 20.3 Å². The first-order valence-electron chi connectivity index (χ1n) is 6.37. The highest BCUT2D eigenvalue weighted by Gasteiger charge is 2.66. The lowest BCUT2D eigenvalue weighted by molar-refractivity contribution is -0.170. The number of halogens is 5. The number of rotatable bonds is 6. The third kappa shape index (κ3) is 3.30. The molecular weight excluding hydrogens is 343 g/mol. The molecule has 0 bridgehead atoms. The minimum atomic E-state index is -4.54. The number of anilines is 1. The summed E-state index contributed by atoms with van der Waals surface area (Å²) in [5.41, 5.74) is -5.55. The fourth-order valence-electron chi connectivity index (χ4n) is 1.89. The highest BCUT2D eigenvalue weighted by molar-refractivity contribution is 6.69. The van der Waals surface area contributed by atoms with E-state index in [1.54, 1.807) is 0 Å². The van der Waals surface area contributed by atoms with Gasteiger partial charge in [0.1, 0.15) is 11.5 Å². The van der Waals surface area contributed by atoms with Gasteiger partial charge in [-0.2, -0.15) is 8.78 Å². The Hall–Kier alpha value is -1.72. The van der Waals surface area contributed by atoms with Gasteiger partial charge in [-0.05, 0) is 18.2 Å². The SMILES string of the molecule is CC[Si](OC)(OC)C(F)(F)N(F)C(=O)N(F)c1ccccc1F. The highest BCUT2D eigenvalue weighted by atomic mass is 28.4. The lowest BCUT2D eigenvalue weighted by Gasteiger charge is -2.36. The van der Waals surface area contributed by atoms with Gasteiger partial charge in [0.25, 0.3) is 0 Å². The van der Waals surface area contributed by atoms with E-state index < -0.39 is 48.1 Å². The molecule has 0 heterocycles. The quantitative estimate of drug-likeness (QED) is 0.337. The Morgan fingerprint density at radius 2 is 1.74 bits per heavy atom. The summed E-state index contributed by atoms with van der Waals surface area (Å²) in [5, 5.41) is -2.69. The summed E-state index contributed by atoms with van der Waals surface area (Å²) in [5.74, 6) is -1.22. The van der Waals surface area contributed by atoms with Gasteiger partial charge < -0.3 is 8.85 Å². The van der Waals surface area contributed by atoms with Crippen LogP contribution in [0.4, 0.5) is 32.6 Å². The van der Waals surface area contributed by atoms with E-state index in [1.165, 1.54) is 13.0 Å². The van der Waals surface area contributed by atoms with Crippen LogP contribution in [0.1, 0.15) is 6.92 Å². The van der Waals surface area contributed by atoms with Crippen molar-refractivity contribution in [3.63, 3.8) is 0 Å². The number of hydrogen-bond acceptors (Lipinski definition) is 3. The molecule has 0 spiro atoms. The average Bonchev–Trinajstić information content (AvgIpc) is 2.55. The van der Waals surface area contributed by atoms with Gasteiger partial charge in [-0.3, -0.25) is 0 Å². The van der Waals surface area contributed by atoms with Crippen molar-refractivity contribution in [1.82, 2.24) is 5.12 Å². The van der Waals surface area contributed by atoms with Crippen LogP contribution in [0.2, 0.25) is 6.04 Å². The van der Waals surface area contributed by atoms with Gasteiger partial charge >= 0.3 is 20.3 Å². The molecule has 2 amide bonds. The number of carbonyl (C=O) groups excluding carboxylic acids is 1. The molecule has 0 fully saturated rings. The molecule has 130 valence electrons. The number of alkyl halides is 2. The van der Waals surface area contributed by atoms with E-state index in [-0.39, 0.29) is 0 Å². The second-order valence-corrected chi connectivity index (χ2v) is 7.98. The van der Waals surface area contributed by atoms with Gasteiger partial charge in [-0.1, -0.05) is 33.1 Å². The van der Waals surface area contributed by atoms with E-state index in [9.17, 15) is 26.9 Å². The molecule has 0 aliphatic heterocycles. The Morgan fingerprint density at radius 1 is 1.22 bits per heavy atom. The Morgan fingerprint density at radius 3 is 2.17 bits per heavy atom. The summed E-state index contributed by atoms with van der Waals surface area (Å²) in [6, 6.07) is 1.08. The second-order valence-electron chi connectivity index (χ2n) is 4.35. The molecule has 1 aromatic rings. The summed E-state index contributed by atoms with van der Waals surface area (Å²) < 4.78 is 78.8. The number of nitrogens with zero attached hydrogens (tertiary/aromatic N) is 2. The van der Waals surface area contributed by atoms with E-state index in [2.05, 4.69) is 8.85 Å². The highest BCUT2D eigenvalue weighted by Crippen LogP contribution is 2.36. The fourth-order valence-corrected chi connectivity index (χ4v) is 3.95. The fraction of sp³-hybridized carbons (Fsp3) is 0.417. The molecule has 23 heavy (non-hydrogen) atoms. The smallest absolute Gasteiger partial charge is 0.393 e. The molecule has 0 aliphatic rings. The molecule has 0 radical (unpaired) electrons. The van der Waals surface area contributed by atoms with Crippen LogP contribution in [-0.2, 0) is 8.85 Å². The zero-order valence-corrected chi connectivity index (χ0v) is 13.5. The zero-order chi connectivity index (χ0) is 17.8. The van der Waals surface area contributed by atoms with Gasteiger partial charge in [0.2, 0.25) is 0 Å². The molecule has 1 aromatic carbocycles. The van der Waals surface area contributed by atoms with E-state index in [1.807, 2.05) is 0 Å². The van der Waals surface area contributed by atoms with Crippen molar-refractivity contribution in [2.24, 2.45) is 0 Å². The second kappa shape index (κ2) is 7.23. The summed E-state index contributed by atoms with van der Waals surface area (Å²) in [6.07, 6.45) is 0. The predicted molar refractivity (Wildman–Crippen MR) is 73.5 cm³/mol. The molecule has 0 aliphatic carbocycles. The molecule has 0 N–H and O–H groups in total. The predicted octanol–water partition coefficient (Wildman–Crippen LogP) is 3.71. The number of urea groups is 1. The number of benzene rings is 1. The van der Waals surface area contributed by atoms with E-state index in [0.717, 1.165) is 32.4 Å². The van der Waals surface area contributed by atoms with Crippen molar-refractivity contribution in [2.75, 3.05) is 19.3 Å². The third-order valence-electron chi connectivity index (χ3n) is 3.23. The Bertz CT molecular complexity index is 551. The van der Waals surface area contributed by atoms with Crippen molar-refractivity contribution in [3.8, 4) is 0 Å². The first kappa shape index (κ1) is 19.3. The summed E-state index contributed by atoms with van der Waals surface area (Å²) in [4.78, 5) is 11.6. The molecule has 0 unspecified atom stereocenters.